The van der Waals surface area contributed by atoms with Crippen LogP contribution in [0.2, 0.25) is 0 Å². The van der Waals surface area contributed by atoms with Crippen LogP contribution in [0.3, 0.4) is 0 Å². The van der Waals surface area contributed by atoms with Crippen LogP contribution in [-0.4, -0.2) is 91.9 Å². The van der Waals surface area contributed by atoms with Crippen LogP contribution in [0.15, 0.2) is 12.5 Å². The van der Waals surface area contributed by atoms with Gasteiger partial charge in [0.05, 0.1) is 18.5 Å². The van der Waals surface area contributed by atoms with Crippen LogP contribution in [-0.2, 0) is 25.6 Å². The van der Waals surface area contributed by atoms with Gasteiger partial charge in [0.25, 0.3) is 0 Å². The predicted octanol–water partition coefficient (Wildman–Crippen LogP) is -3.29. The van der Waals surface area contributed by atoms with Crippen molar-refractivity contribution in [2.45, 2.75) is 75.9 Å². The second-order valence-electron chi connectivity index (χ2n) is 8.02. The molecule has 14 heteroatoms. The van der Waals surface area contributed by atoms with E-state index in [-0.39, 0.29) is 12.8 Å². The number of nitrogens with one attached hydrogen (secondary N) is 4. The molecule has 0 saturated heterocycles. The van der Waals surface area contributed by atoms with E-state index in [0.717, 1.165) is 0 Å². The zero-order valence-corrected chi connectivity index (χ0v) is 19.2. The molecule has 3 amide bonds. The van der Waals surface area contributed by atoms with Gasteiger partial charge < -0.3 is 47.7 Å². The number of nitrogens with two attached hydrogens (primary N) is 2. The summed E-state index contributed by atoms with van der Waals surface area (Å²) in [6.45, 7) is 2.94. The van der Waals surface area contributed by atoms with Crippen molar-refractivity contribution >= 4 is 23.7 Å². The van der Waals surface area contributed by atoms with Crippen LogP contribution < -0.4 is 27.4 Å². The van der Waals surface area contributed by atoms with Crippen LogP contribution in [0.1, 0.15) is 38.8 Å². The van der Waals surface area contributed by atoms with Gasteiger partial charge in [-0.2, -0.15) is 0 Å². The Hall–Kier alpha value is -3.07. The number of aliphatic hydroxyl groups excluding tert-OH is 2. The number of carboxylic acid groups (broad SMARTS) is 1. The zero-order chi connectivity index (χ0) is 25.8. The fourth-order valence-electron chi connectivity index (χ4n) is 2.99. The number of aliphatic hydroxyl groups is 2. The minimum absolute atomic E-state index is 0.101. The summed E-state index contributed by atoms with van der Waals surface area (Å²) in [7, 11) is 0. The first-order valence-electron chi connectivity index (χ1n) is 10.9. The molecule has 6 unspecified atom stereocenters. The highest BCUT2D eigenvalue weighted by Gasteiger charge is 2.33. The number of aromatic amines is 1. The number of H-pyrrole nitrogens is 1. The Kier molecular flexibility index (Phi) is 12.1. The average molecular weight is 486 g/mol. The third-order valence-corrected chi connectivity index (χ3v) is 5.06. The topological polar surface area (TPSA) is 246 Å². The second-order valence-corrected chi connectivity index (χ2v) is 8.02. The number of carboxylic acids is 1. The van der Waals surface area contributed by atoms with Gasteiger partial charge in [0.15, 0.2) is 0 Å². The summed E-state index contributed by atoms with van der Waals surface area (Å²) in [4.78, 5) is 56.0. The molecule has 0 spiro atoms. The number of nitrogens with zero attached hydrogens (tertiary/aromatic N) is 1. The molecule has 14 nitrogen and oxygen atoms in total. The molecule has 0 bridgehead atoms. The highest BCUT2D eigenvalue weighted by Crippen LogP contribution is 2.06. The van der Waals surface area contributed by atoms with Crippen molar-refractivity contribution in [1.82, 2.24) is 25.9 Å². The molecule has 0 aliphatic heterocycles. The summed E-state index contributed by atoms with van der Waals surface area (Å²) in [5, 5.41) is 36.1. The number of carbonyl (C=O) groups is 4. The lowest BCUT2D eigenvalue weighted by Crippen LogP contribution is -2.60. The van der Waals surface area contributed by atoms with E-state index >= 15 is 0 Å². The first-order valence-corrected chi connectivity index (χ1v) is 10.9. The highest BCUT2D eigenvalue weighted by atomic mass is 16.4. The van der Waals surface area contributed by atoms with Gasteiger partial charge in [0.1, 0.15) is 24.2 Å². The highest BCUT2D eigenvalue weighted by molar-refractivity contribution is 5.94. The van der Waals surface area contributed by atoms with E-state index in [9.17, 15) is 34.5 Å². The maximum Gasteiger partial charge on any atom is 0.326 e. The molecular formula is C20H35N7O7. The summed E-state index contributed by atoms with van der Waals surface area (Å²) in [5.74, 6) is -3.81. The van der Waals surface area contributed by atoms with E-state index < -0.39 is 60.1 Å². The number of carbonyl (C=O) groups excluding carboxylic acids is 3. The number of amides is 3. The van der Waals surface area contributed by atoms with E-state index in [1.165, 1.54) is 26.4 Å². The number of aliphatic carboxylic acids is 1. The molecule has 1 rings (SSSR count). The van der Waals surface area contributed by atoms with Crippen molar-refractivity contribution in [1.29, 1.82) is 0 Å². The van der Waals surface area contributed by atoms with Crippen LogP contribution in [0, 0.1) is 0 Å². The Morgan fingerprint density at radius 3 is 2.15 bits per heavy atom. The molecule has 0 aliphatic rings. The van der Waals surface area contributed by atoms with E-state index in [1.807, 2.05) is 0 Å². The molecule has 0 aromatic carbocycles. The van der Waals surface area contributed by atoms with Crippen molar-refractivity contribution in [2.24, 2.45) is 11.5 Å². The fraction of sp³-hybridized carbons (Fsp3) is 0.650. The molecule has 34 heavy (non-hydrogen) atoms. The molecule has 0 fully saturated rings. The van der Waals surface area contributed by atoms with Gasteiger partial charge in [-0.05, 0) is 39.7 Å². The number of hydrogen-bond donors (Lipinski definition) is 9. The standard InChI is InChI=1S/C20H35N7O7/c1-10(28)15(22)18(31)25-13(5-3-4-6-21)17(30)27-16(11(2)29)19(32)26-14(20(33)34)7-12-8-23-9-24-12/h8-11,13-16,28-29H,3-7,21-22H2,1-2H3,(H,23,24)(H,25,31)(H,26,32)(H,27,30)(H,33,34). The van der Waals surface area contributed by atoms with E-state index in [4.69, 9.17) is 11.5 Å². The first-order chi connectivity index (χ1) is 16.0. The Morgan fingerprint density at radius 1 is 1.00 bits per heavy atom. The maximum absolute atomic E-state index is 12.9. The largest absolute Gasteiger partial charge is 0.480 e. The second kappa shape index (κ2) is 14.2. The Labute approximate surface area is 196 Å². The normalized spacial score (nSPS) is 16.4. The summed E-state index contributed by atoms with van der Waals surface area (Å²) in [5.41, 5.74) is 11.6. The van der Waals surface area contributed by atoms with Gasteiger partial charge in [-0.3, -0.25) is 14.4 Å². The molecule has 11 N–H and O–H groups in total. The number of aromatic nitrogens is 2. The molecule has 0 saturated carbocycles. The van der Waals surface area contributed by atoms with Crippen LogP contribution in [0.4, 0.5) is 0 Å². The van der Waals surface area contributed by atoms with Gasteiger partial charge in [0, 0.05) is 18.3 Å². The Bertz CT molecular complexity index is 801. The number of rotatable bonds is 15. The van der Waals surface area contributed by atoms with Crippen LogP contribution in [0.5, 0.6) is 0 Å². The Balaban J connectivity index is 2.93. The lowest BCUT2D eigenvalue weighted by atomic mass is 10.0. The van der Waals surface area contributed by atoms with Crippen molar-refractivity contribution in [3.05, 3.63) is 18.2 Å². The maximum atomic E-state index is 12.9. The predicted molar refractivity (Wildman–Crippen MR) is 120 cm³/mol. The smallest absolute Gasteiger partial charge is 0.326 e. The monoisotopic (exact) mass is 485 g/mol. The molecule has 0 radical (unpaired) electrons. The molecule has 1 aromatic rings. The summed E-state index contributed by atoms with van der Waals surface area (Å²) >= 11 is 0. The first kappa shape index (κ1) is 29.0. The van der Waals surface area contributed by atoms with Crippen molar-refractivity contribution in [3.8, 4) is 0 Å². The van der Waals surface area contributed by atoms with Crippen molar-refractivity contribution < 1.29 is 34.5 Å². The molecule has 1 heterocycles. The number of imidazole rings is 1. The lowest BCUT2D eigenvalue weighted by Gasteiger charge is -2.26. The van der Waals surface area contributed by atoms with E-state index in [0.29, 0.717) is 25.1 Å². The van der Waals surface area contributed by atoms with E-state index in [2.05, 4.69) is 25.9 Å². The van der Waals surface area contributed by atoms with Gasteiger partial charge in [-0.15, -0.1) is 0 Å². The third kappa shape index (κ3) is 9.43. The third-order valence-electron chi connectivity index (χ3n) is 5.06. The van der Waals surface area contributed by atoms with Crippen molar-refractivity contribution in [3.63, 3.8) is 0 Å². The van der Waals surface area contributed by atoms with Gasteiger partial charge in [-0.1, -0.05) is 0 Å². The molecular weight excluding hydrogens is 450 g/mol. The number of unbranched alkanes of at least 4 members (excludes halogenated alkanes) is 1. The molecule has 0 aliphatic carbocycles. The quantitative estimate of drug-likeness (QED) is 0.112. The fourth-order valence-corrected chi connectivity index (χ4v) is 2.99. The minimum atomic E-state index is -1.50. The van der Waals surface area contributed by atoms with Gasteiger partial charge in [-0.25, -0.2) is 9.78 Å². The average Bonchev–Trinajstić information content (AvgIpc) is 3.28. The van der Waals surface area contributed by atoms with Crippen LogP contribution in [0.25, 0.3) is 0 Å². The number of hydrogen-bond acceptors (Lipinski definition) is 9. The van der Waals surface area contributed by atoms with Gasteiger partial charge >= 0.3 is 5.97 Å². The summed E-state index contributed by atoms with van der Waals surface area (Å²) < 4.78 is 0. The molecule has 6 atom stereocenters. The minimum Gasteiger partial charge on any atom is -0.480 e. The SMILES string of the molecule is CC(O)C(N)C(=O)NC(CCCCN)C(=O)NC(C(=O)NC(Cc1cnc[nH]1)C(=O)O)C(C)O. The molecule has 1 aromatic heterocycles. The lowest BCUT2D eigenvalue weighted by molar-refractivity contribution is -0.143. The zero-order valence-electron chi connectivity index (χ0n) is 19.2. The van der Waals surface area contributed by atoms with Gasteiger partial charge in [0.2, 0.25) is 17.7 Å². The summed E-state index contributed by atoms with van der Waals surface area (Å²) in [6, 6.07) is -5.26. The summed E-state index contributed by atoms with van der Waals surface area (Å²) in [6.07, 6.45) is 1.31. The van der Waals surface area contributed by atoms with Crippen LogP contribution >= 0.6 is 0 Å². The Morgan fingerprint density at radius 2 is 1.65 bits per heavy atom. The van der Waals surface area contributed by atoms with E-state index in [1.54, 1.807) is 0 Å². The molecule has 192 valence electrons. The van der Waals surface area contributed by atoms with Crippen molar-refractivity contribution in [2.75, 3.05) is 6.54 Å².